The quantitative estimate of drug-likeness (QED) is 0.732. The molecule has 1 N–H and O–H groups in total. The summed E-state index contributed by atoms with van der Waals surface area (Å²) in [7, 11) is -3.55. The maximum Gasteiger partial charge on any atom is 0.240 e. The molecule has 8 nitrogen and oxygen atoms in total. The Bertz CT molecular complexity index is 939. The lowest BCUT2D eigenvalue weighted by Gasteiger charge is -2.34. The van der Waals surface area contributed by atoms with Gasteiger partial charge in [-0.15, -0.1) is 0 Å². The van der Waals surface area contributed by atoms with Crippen LogP contribution >= 0.6 is 0 Å². The lowest BCUT2D eigenvalue weighted by atomic mass is 10.2. The van der Waals surface area contributed by atoms with E-state index in [0.717, 1.165) is 25.9 Å². The fourth-order valence-electron chi connectivity index (χ4n) is 3.50. The molecule has 0 aliphatic carbocycles. The second-order valence-electron chi connectivity index (χ2n) is 7.69. The highest BCUT2D eigenvalue weighted by Gasteiger charge is 2.23. The van der Waals surface area contributed by atoms with E-state index in [-0.39, 0.29) is 23.7 Å². The van der Waals surface area contributed by atoms with Gasteiger partial charge >= 0.3 is 0 Å². The Labute approximate surface area is 165 Å². The van der Waals surface area contributed by atoms with Crippen LogP contribution in [0.1, 0.15) is 13.8 Å². The fraction of sp³-hybridized carbons (Fsp3) is 0.579. The Balaban J connectivity index is 1.65. The third-order valence-electron chi connectivity index (χ3n) is 4.63. The zero-order valence-corrected chi connectivity index (χ0v) is 17.4. The molecule has 0 bridgehead atoms. The third-order valence-corrected chi connectivity index (χ3v) is 5.60. The monoisotopic (exact) mass is 408 g/mol. The van der Waals surface area contributed by atoms with Gasteiger partial charge in [-0.05, 0) is 18.1 Å². The summed E-state index contributed by atoms with van der Waals surface area (Å²) in [6.07, 6.45) is 1.03. The molecular weight excluding hydrogens is 380 g/mol. The van der Waals surface area contributed by atoms with Crippen molar-refractivity contribution >= 4 is 26.8 Å². The fourth-order valence-corrected chi connectivity index (χ4v) is 4.33. The summed E-state index contributed by atoms with van der Waals surface area (Å²) in [5, 5.41) is 2.78. The van der Waals surface area contributed by atoms with Crippen molar-refractivity contribution in [3.8, 4) is 0 Å². The predicted molar refractivity (Wildman–Crippen MR) is 107 cm³/mol. The highest BCUT2D eigenvalue weighted by atomic mass is 32.2. The molecule has 9 heteroatoms. The van der Waals surface area contributed by atoms with Crippen molar-refractivity contribution in [3.63, 3.8) is 0 Å². The Morgan fingerprint density at radius 1 is 1.36 bits per heavy atom. The van der Waals surface area contributed by atoms with Crippen molar-refractivity contribution in [1.82, 2.24) is 19.8 Å². The topological polar surface area (TPSA) is 93.5 Å². The molecule has 2 heterocycles. The van der Waals surface area contributed by atoms with Gasteiger partial charge < -0.3 is 14.6 Å². The lowest BCUT2D eigenvalue weighted by molar-refractivity contribution is -0.123. The molecular formula is C19H28N4O4S. The smallest absolute Gasteiger partial charge is 0.240 e. The van der Waals surface area contributed by atoms with E-state index >= 15 is 0 Å². The number of carbonyl (C=O) groups is 1. The molecule has 154 valence electrons. The van der Waals surface area contributed by atoms with Crippen molar-refractivity contribution in [1.29, 1.82) is 0 Å². The molecule has 0 radical (unpaired) electrons. The van der Waals surface area contributed by atoms with Crippen molar-refractivity contribution < 1.29 is 17.9 Å². The van der Waals surface area contributed by atoms with Crippen molar-refractivity contribution in [3.05, 3.63) is 24.3 Å². The van der Waals surface area contributed by atoms with Gasteiger partial charge in [-0.1, -0.05) is 26.0 Å². The number of ether oxygens (including phenoxy) is 1. The number of fused-ring (bicyclic) bond motifs is 1. The number of rotatable bonds is 7. The predicted octanol–water partition coefficient (Wildman–Crippen LogP) is 0.913. The van der Waals surface area contributed by atoms with Crippen LogP contribution in [0.2, 0.25) is 0 Å². The number of sulfone groups is 1. The van der Waals surface area contributed by atoms with Crippen LogP contribution in [0.15, 0.2) is 29.4 Å². The number of nitrogens with zero attached hydrogens (tertiary/aromatic N) is 3. The molecule has 1 unspecified atom stereocenters. The van der Waals surface area contributed by atoms with Crippen LogP contribution in [-0.4, -0.2) is 73.9 Å². The van der Waals surface area contributed by atoms with Gasteiger partial charge in [0.15, 0.2) is 0 Å². The van der Waals surface area contributed by atoms with E-state index in [2.05, 4.69) is 29.0 Å². The standard InChI is InChI=1S/C19H28N4O4S/c1-14(2)11-22-8-9-27-15(12-22)10-20-18(24)13-23-17-7-5-4-6-16(17)21-19(23)28(3,25)26/h4-7,14-15H,8-13H2,1-3H3,(H,20,24). The normalized spacial score (nSPS) is 18.6. The minimum atomic E-state index is -3.55. The van der Waals surface area contributed by atoms with Crippen molar-refractivity contribution in [2.75, 3.05) is 39.0 Å². The summed E-state index contributed by atoms with van der Waals surface area (Å²) in [6.45, 7) is 7.99. The first kappa shape index (κ1) is 20.8. The highest BCUT2D eigenvalue weighted by molar-refractivity contribution is 7.90. The van der Waals surface area contributed by atoms with E-state index in [1.165, 1.54) is 4.57 Å². The molecule has 1 aromatic heterocycles. The first-order chi connectivity index (χ1) is 13.2. The molecule has 1 amide bonds. The second kappa shape index (κ2) is 8.59. The van der Waals surface area contributed by atoms with Crippen LogP contribution in [0, 0.1) is 5.92 Å². The SMILES string of the molecule is CC(C)CN1CCOC(CNC(=O)Cn2c(S(C)(=O)=O)nc3ccccc32)C1. The number of hydrogen-bond acceptors (Lipinski definition) is 6. The van der Waals surface area contributed by atoms with Gasteiger partial charge in [0.1, 0.15) is 6.54 Å². The van der Waals surface area contributed by atoms with Gasteiger partial charge in [-0.2, -0.15) is 0 Å². The Hall–Kier alpha value is -1.97. The molecule has 3 rings (SSSR count). The summed E-state index contributed by atoms with van der Waals surface area (Å²) < 4.78 is 31.4. The van der Waals surface area contributed by atoms with Gasteiger partial charge in [-0.25, -0.2) is 13.4 Å². The van der Waals surface area contributed by atoms with Crippen LogP contribution < -0.4 is 5.32 Å². The summed E-state index contributed by atoms with van der Waals surface area (Å²) in [6, 6.07) is 7.08. The van der Waals surface area contributed by atoms with E-state index in [4.69, 9.17) is 4.74 Å². The lowest BCUT2D eigenvalue weighted by Crippen LogP contribution is -2.48. The third kappa shape index (κ3) is 5.09. The molecule has 1 saturated heterocycles. The molecule has 1 aliphatic heterocycles. The van der Waals surface area contributed by atoms with Crippen LogP contribution in [0.5, 0.6) is 0 Å². The van der Waals surface area contributed by atoms with E-state index in [1.54, 1.807) is 24.3 Å². The number of imidazole rings is 1. The Morgan fingerprint density at radius 2 is 2.11 bits per heavy atom. The molecule has 1 fully saturated rings. The average molecular weight is 409 g/mol. The number of amides is 1. The van der Waals surface area contributed by atoms with E-state index in [9.17, 15) is 13.2 Å². The largest absolute Gasteiger partial charge is 0.374 e. The minimum absolute atomic E-state index is 0.0645. The first-order valence-electron chi connectivity index (χ1n) is 9.50. The number of benzene rings is 1. The van der Waals surface area contributed by atoms with E-state index in [1.807, 2.05) is 0 Å². The van der Waals surface area contributed by atoms with E-state index < -0.39 is 9.84 Å². The molecule has 28 heavy (non-hydrogen) atoms. The highest BCUT2D eigenvalue weighted by Crippen LogP contribution is 2.19. The van der Waals surface area contributed by atoms with Crippen LogP contribution in [0.4, 0.5) is 0 Å². The maximum absolute atomic E-state index is 12.5. The van der Waals surface area contributed by atoms with Gasteiger partial charge in [0.05, 0.1) is 23.7 Å². The Morgan fingerprint density at radius 3 is 2.82 bits per heavy atom. The number of aromatic nitrogens is 2. The zero-order chi connectivity index (χ0) is 20.3. The molecule has 0 saturated carbocycles. The maximum atomic E-state index is 12.5. The molecule has 2 aromatic rings. The number of morpholine rings is 1. The van der Waals surface area contributed by atoms with Gasteiger partial charge in [0.25, 0.3) is 0 Å². The summed E-state index contributed by atoms with van der Waals surface area (Å²) in [4.78, 5) is 19.0. The van der Waals surface area contributed by atoms with E-state index in [0.29, 0.717) is 30.1 Å². The number of hydrogen-bond donors (Lipinski definition) is 1. The molecule has 1 aliphatic rings. The van der Waals surface area contributed by atoms with Gasteiger partial charge in [0, 0.05) is 32.4 Å². The first-order valence-corrected chi connectivity index (χ1v) is 11.4. The second-order valence-corrected chi connectivity index (χ2v) is 9.60. The minimum Gasteiger partial charge on any atom is -0.374 e. The van der Waals surface area contributed by atoms with Gasteiger partial charge in [0.2, 0.25) is 20.9 Å². The summed E-state index contributed by atoms with van der Waals surface area (Å²) in [5.74, 6) is 0.315. The van der Waals surface area contributed by atoms with Crippen molar-refractivity contribution in [2.45, 2.75) is 31.7 Å². The molecule has 1 atom stereocenters. The van der Waals surface area contributed by atoms with Crippen LogP contribution in [0.25, 0.3) is 11.0 Å². The van der Waals surface area contributed by atoms with Crippen LogP contribution in [-0.2, 0) is 25.9 Å². The summed E-state index contributed by atoms with van der Waals surface area (Å²) in [5.41, 5.74) is 1.17. The van der Waals surface area contributed by atoms with Crippen molar-refractivity contribution in [2.24, 2.45) is 5.92 Å². The average Bonchev–Trinajstić information content (AvgIpc) is 2.99. The summed E-state index contributed by atoms with van der Waals surface area (Å²) >= 11 is 0. The number of para-hydroxylation sites is 2. The zero-order valence-electron chi connectivity index (χ0n) is 16.6. The number of nitrogens with one attached hydrogen (secondary N) is 1. The molecule has 0 spiro atoms. The van der Waals surface area contributed by atoms with Gasteiger partial charge in [-0.3, -0.25) is 9.69 Å². The molecule has 1 aromatic carbocycles. The van der Waals surface area contributed by atoms with Crippen LogP contribution in [0.3, 0.4) is 0 Å². The number of carbonyl (C=O) groups excluding carboxylic acids is 1. The Kier molecular flexibility index (Phi) is 6.36.